The monoisotopic (exact) mass is 600 g/mol. The lowest BCUT2D eigenvalue weighted by Crippen LogP contribution is -2.42. The van der Waals surface area contributed by atoms with Crippen molar-refractivity contribution >= 4 is 39.2 Å². The number of ether oxygens (including phenoxy) is 2. The fraction of sp³-hybridized carbons (Fsp3) is 0.400. The smallest absolute Gasteiger partial charge is 0.413 e. The molecule has 218 valence electrons. The summed E-state index contributed by atoms with van der Waals surface area (Å²) in [6.45, 7) is 4.96. The molecule has 1 aliphatic rings. The maximum absolute atomic E-state index is 13.5. The van der Waals surface area contributed by atoms with Crippen LogP contribution in [0.25, 0.3) is 0 Å². The molecule has 9 nitrogen and oxygen atoms in total. The number of halogens is 1. The van der Waals surface area contributed by atoms with Crippen LogP contribution in [0.3, 0.4) is 0 Å². The van der Waals surface area contributed by atoms with Crippen LogP contribution in [0, 0.1) is 29.6 Å². The summed E-state index contributed by atoms with van der Waals surface area (Å²) in [6.07, 6.45) is 0.239. The minimum Gasteiger partial charge on any atom is -0.481 e. The van der Waals surface area contributed by atoms with E-state index in [1.807, 2.05) is 4.90 Å². The Hall–Kier alpha value is -3.70. The Bertz CT molecular complexity index is 1450. The van der Waals surface area contributed by atoms with Gasteiger partial charge in [0.2, 0.25) is 0 Å². The standard InChI is InChI=1S/C30H33ClN2O7S/c1-3-5-20-39-26-10-12-27(13-11-26)41(37,38)22-30(4-2,40-29(36)32-25-9-6-8-24(31)21-25)16-7-17-33-18-14-23(15-19-33)28(34)35/h6,8-13,21,23H,4,14-15,17-20,22H2,1-2H3,(H,32,36)(H,34,35). The van der Waals surface area contributed by atoms with E-state index < -0.39 is 33.3 Å². The number of anilines is 1. The molecule has 2 aromatic carbocycles. The van der Waals surface area contributed by atoms with Crippen molar-refractivity contribution in [1.29, 1.82) is 0 Å². The molecular weight excluding hydrogens is 568 g/mol. The van der Waals surface area contributed by atoms with Crippen molar-refractivity contribution in [1.82, 2.24) is 4.90 Å². The Kier molecular flexibility index (Phi) is 11.5. The van der Waals surface area contributed by atoms with Crippen molar-refractivity contribution in [2.24, 2.45) is 5.92 Å². The summed E-state index contributed by atoms with van der Waals surface area (Å²) in [5, 5.41) is 12.2. The summed E-state index contributed by atoms with van der Waals surface area (Å²) >= 11 is 6.01. The summed E-state index contributed by atoms with van der Waals surface area (Å²) in [7, 11) is -3.96. The number of hydrogen-bond acceptors (Lipinski definition) is 7. The first kappa shape index (κ1) is 31.8. The van der Waals surface area contributed by atoms with Gasteiger partial charge < -0.3 is 14.6 Å². The van der Waals surface area contributed by atoms with E-state index in [2.05, 4.69) is 29.0 Å². The fourth-order valence-electron chi connectivity index (χ4n) is 4.22. The number of aliphatic carboxylic acids is 1. The minimum absolute atomic E-state index is 0.0284. The number of carbonyl (C=O) groups is 2. The second kappa shape index (κ2) is 14.8. The highest BCUT2D eigenvalue weighted by Crippen LogP contribution is 2.26. The molecule has 1 aliphatic heterocycles. The fourth-order valence-corrected chi connectivity index (χ4v) is 6.07. The quantitative estimate of drug-likeness (QED) is 0.376. The molecule has 0 radical (unpaired) electrons. The molecule has 1 unspecified atom stereocenters. The number of rotatable bonds is 10. The van der Waals surface area contributed by atoms with Gasteiger partial charge in [0, 0.05) is 10.7 Å². The van der Waals surface area contributed by atoms with Crippen LogP contribution in [-0.4, -0.2) is 68.1 Å². The van der Waals surface area contributed by atoms with Gasteiger partial charge in [-0.1, -0.05) is 42.4 Å². The first-order valence-corrected chi connectivity index (χ1v) is 15.1. The van der Waals surface area contributed by atoms with Gasteiger partial charge in [0.25, 0.3) is 0 Å². The average molecular weight is 601 g/mol. The molecule has 1 fully saturated rings. The van der Waals surface area contributed by atoms with E-state index in [-0.39, 0.29) is 30.4 Å². The molecular formula is C30H33ClN2O7S. The van der Waals surface area contributed by atoms with Crippen molar-refractivity contribution in [3.05, 3.63) is 53.6 Å². The number of carboxylic acid groups (broad SMARTS) is 1. The van der Waals surface area contributed by atoms with Crippen LogP contribution in [0.15, 0.2) is 53.4 Å². The number of amides is 1. The Morgan fingerprint density at radius 3 is 2.46 bits per heavy atom. The van der Waals surface area contributed by atoms with Crippen LogP contribution in [0.2, 0.25) is 5.02 Å². The van der Waals surface area contributed by atoms with Crippen molar-refractivity contribution < 1.29 is 32.6 Å². The lowest BCUT2D eigenvalue weighted by Gasteiger charge is -2.29. The highest BCUT2D eigenvalue weighted by Gasteiger charge is 2.37. The van der Waals surface area contributed by atoms with Crippen molar-refractivity contribution in [3.63, 3.8) is 0 Å². The Labute approximate surface area is 246 Å². The van der Waals surface area contributed by atoms with Crippen LogP contribution in [0.5, 0.6) is 5.75 Å². The molecule has 0 spiro atoms. The third-order valence-corrected chi connectivity index (χ3v) is 8.65. The summed E-state index contributed by atoms with van der Waals surface area (Å²) in [5.74, 6) is 10.1. The Morgan fingerprint density at radius 2 is 1.85 bits per heavy atom. The molecule has 0 bridgehead atoms. The van der Waals surface area contributed by atoms with Gasteiger partial charge in [-0.2, -0.15) is 0 Å². The van der Waals surface area contributed by atoms with E-state index in [1.54, 1.807) is 32.0 Å². The van der Waals surface area contributed by atoms with Crippen molar-refractivity contribution in [2.45, 2.75) is 43.6 Å². The zero-order valence-corrected chi connectivity index (χ0v) is 24.6. The molecule has 0 aromatic heterocycles. The third-order valence-electron chi connectivity index (χ3n) is 6.58. The van der Waals surface area contributed by atoms with E-state index in [0.717, 1.165) is 0 Å². The second-order valence-corrected chi connectivity index (χ2v) is 11.9. The van der Waals surface area contributed by atoms with Gasteiger partial charge in [0.1, 0.15) is 18.1 Å². The number of sulfone groups is 1. The summed E-state index contributed by atoms with van der Waals surface area (Å²) in [6, 6.07) is 12.4. The maximum Gasteiger partial charge on any atom is 0.413 e. The van der Waals surface area contributed by atoms with E-state index in [4.69, 9.17) is 21.1 Å². The van der Waals surface area contributed by atoms with Crippen LogP contribution in [0.1, 0.15) is 33.1 Å². The number of likely N-dealkylation sites (tertiary alicyclic amines) is 1. The second-order valence-electron chi connectivity index (χ2n) is 9.51. The lowest BCUT2D eigenvalue weighted by molar-refractivity contribution is -0.143. The van der Waals surface area contributed by atoms with Gasteiger partial charge in [-0.05, 0) is 81.7 Å². The highest BCUT2D eigenvalue weighted by atomic mass is 35.5. The van der Waals surface area contributed by atoms with Gasteiger partial charge in [-0.15, -0.1) is 5.92 Å². The molecule has 0 saturated carbocycles. The number of piperidine rings is 1. The first-order chi connectivity index (χ1) is 19.6. The zero-order valence-electron chi connectivity index (χ0n) is 23.0. The topological polar surface area (TPSA) is 122 Å². The summed E-state index contributed by atoms with van der Waals surface area (Å²) in [4.78, 5) is 26.2. The average Bonchev–Trinajstić information content (AvgIpc) is 2.93. The largest absolute Gasteiger partial charge is 0.481 e. The van der Waals surface area contributed by atoms with Crippen molar-refractivity contribution in [3.8, 4) is 29.4 Å². The molecule has 1 amide bonds. The van der Waals surface area contributed by atoms with Crippen molar-refractivity contribution in [2.75, 3.05) is 37.3 Å². The molecule has 41 heavy (non-hydrogen) atoms. The molecule has 1 atom stereocenters. The predicted octanol–water partition coefficient (Wildman–Crippen LogP) is 4.71. The molecule has 3 rings (SSSR count). The number of carbonyl (C=O) groups excluding carboxylic acids is 1. The van der Waals surface area contributed by atoms with Crippen LogP contribution >= 0.6 is 11.6 Å². The summed E-state index contributed by atoms with van der Waals surface area (Å²) in [5.41, 5.74) is -1.28. The first-order valence-electron chi connectivity index (χ1n) is 13.1. The number of nitrogens with one attached hydrogen (secondary N) is 1. The van der Waals surface area contributed by atoms with Gasteiger partial charge in [0.05, 0.1) is 17.4 Å². The van der Waals surface area contributed by atoms with E-state index >= 15 is 0 Å². The number of hydrogen-bond donors (Lipinski definition) is 2. The molecule has 1 saturated heterocycles. The van der Waals surface area contributed by atoms with E-state index in [1.165, 1.54) is 30.3 Å². The van der Waals surface area contributed by atoms with Crippen LogP contribution in [-0.2, 0) is 19.4 Å². The predicted molar refractivity (Wildman–Crippen MR) is 157 cm³/mol. The van der Waals surface area contributed by atoms with Gasteiger partial charge in [-0.3, -0.25) is 15.0 Å². The Balaban J connectivity index is 1.82. The molecule has 0 aliphatic carbocycles. The van der Waals surface area contributed by atoms with Gasteiger partial charge in [0.15, 0.2) is 15.4 Å². The third kappa shape index (κ3) is 9.72. The number of carboxylic acids is 1. The normalized spacial score (nSPS) is 15.3. The molecule has 2 aromatic rings. The lowest BCUT2D eigenvalue weighted by atomic mass is 9.97. The minimum atomic E-state index is -3.96. The Morgan fingerprint density at radius 1 is 1.15 bits per heavy atom. The van der Waals surface area contributed by atoms with Gasteiger partial charge >= 0.3 is 12.1 Å². The molecule has 11 heteroatoms. The van der Waals surface area contributed by atoms with Crippen LogP contribution in [0.4, 0.5) is 10.5 Å². The number of benzene rings is 2. The van der Waals surface area contributed by atoms with Gasteiger partial charge in [-0.25, -0.2) is 13.2 Å². The van der Waals surface area contributed by atoms with Crippen LogP contribution < -0.4 is 10.1 Å². The maximum atomic E-state index is 13.5. The zero-order chi connectivity index (χ0) is 29.9. The van der Waals surface area contributed by atoms with E-state index in [0.29, 0.717) is 42.4 Å². The van der Waals surface area contributed by atoms with E-state index in [9.17, 15) is 23.1 Å². The SMILES string of the molecule is CC#CCOc1ccc(S(=O)(=O)CC(C#CCN2CCC(C(=O)O)CC2)(CC)OC(=O)Nc2cccc(Cl)c2)cc1. The molecule has 2 N–H and O–H groups in total. The molecule has 1 heterocycles. The summed E-state index contributed by atoms with van der Waals surface area (Å²) < 4.78 is 38.2. The highest BCUT2D eigenvalue weighted by molar-refractivity contribution is 7.91. The number of nitrogens with zero attached hydrogens (tertiary/aromatic N) is 1.